The summed E-state index contributed by atoms with van der Waals surface area (Å²) < 4.78 is 4.40. The van der Waals surface area contributed by atoms with E-state index in [1.54, 1.807) is 0 Å². The number of carboxylic acid groups (broad SMARTS) is 1. The molecular weight excluding hydrogens is 244 g/mol. The van der Waals surface area contributed by atoms with Crippen LogP contribution >= 0.6 is 0 Å². The molecule has 0 amide bonds. The number of aliphatic carboxylic acids is 1. The van der Waals surface area contributed by atoms with Gasteiger partial charge < -0.3 is 25.2 Å². The second-order valence-corrected chi connectivity index (χ2v) is 3.50. The first-order chi connectivity index (χ1) is 8.38. The number of aromatic hydroxyl groups is 1. The van der Waals surface area contributed by atoms with Crippen molar-refractivity contribution in [3.8, 4) is 5.75 Å². The average Bonchev–Trinajstić information content (AvgIpc) is 2.35. The Morgan fingerprint density at radius 3 is 2.33 bits per heavy atom. The van der Waals surface area contributed by atoms with E-state index in [0.29, 0.717) is 0 Å². The van der Waals surface area contributed by atoms with Gasteiger partial charge in [0.25, 0.3) is 0 Å². The zero-order valence-electron chi connectivity index (χ0n) is 9.40. The molecule has 0 saturated carbocycles. The predicted molar refractivity (Wildman–Crippen MR) is 58.0 cm³/mol. The van der Waals surface area contributed by atoms with Crippen molar-refractivity contribution in [3.63, 3.8) is 0 Å². The van der Waals surface area contributed by atoms with E-state index in [2.05, 4.69) is 4.74 Å². The molecule has 0 fully saturated rings. The van der Waals surface area contributed by atoms with Gasteiger partial charge in [-0.2, -0.15) is 0 Å². The van der Waals surface area contributed by atoms with Gasteiger partial charge in [-0.05, 0) is 17.7 Å². The Bertz CT molecular complexity index is 468. The minimum atomic E-state index is -2.02. The summed E-state index contributed by atoms with van der Waals surface area (Å²) in [6.07, 6.45) is -3.73. The highest BCUT2D eigenvalue weighted by molar-refractivity contribution is 5.92. The maximum atomic E-state index is 11.2. The Kier molecular flexibility index (Phi) is 4.24. The Morgan fingerprint density at radius 1 is 1.28 bits per heavy atom. The molecule has 0 heterocycles. The minimum Gasteiger partial charge on any atom is -0.507 e. The van der Waals surface area contributed by atoms with E-state index in [0.717, 1.165) is 19.2 Å². The van der Waals surface area contributed by atoms with E-state index >= 15 is 0 Å². The summed E-state index contributed by atoms with van der Waals surface area (Å²) in [4.78, 5) is 21.6. The molecule has 0 aliphatic rings. The van der Waals surface area contributed by atoms with Crippen LogP contribution < -0.4 is 0 Å². The molecule has 0 saturated heterocycles. The van der Waals surface area contributed by atoms with Gasteiger partial charge in [0.05, 0.1) is 7.11 Å². The Hall–Kier alpha value is -2.12. The third-order valence-corrected chi connectivity index (χ3v) is 2.32. The van der Waals surface area contributed by atoms with E-state index in [1.165, 1.54) is 6.07 Å². The lowest BCUT2D eigenvalue weighted by molar-refractivity contribution is -0.153. The lowest BCUT2D eigenvalue weighted by Gasteiger charge is -2.15. The number of hydrogen-bond acceptors (Lipinski definition) is 6. The van der Waals surface area contributed by atoms with Crippen molar-refractivity contribution in [2.75, 3.05) is 7.11 Å². The highest BCUT2D eigenvalue weighted by Gasteiger charge is 2.26. The number of esters is 1. The molecule has 98 valence electrons. The van der Waals surface area contributed by atoms with Gasteiger partial charge in [-0.15, -0.1) is 0 Å². The monoisotopic (exact) mass is 256 g/mol. The summed E-state index contributed by atoms with van der Waals surface area (Å²) in [5.74, 6) is -2.85. The molecule has 0 spiro atoms. The fraction of sp³-hybridized carbons (Fsp3) is 0.273. The van der Waals surface area contributed by atoms with E-state index in [-0.39, 0.29) is 11.1 Å². The number of carboxylic acids is 1. The molecular formula is C11H12O7. The topological polar surface area (TPSA) is 124 Å². The molecule has 1 aromatic rings. The van der Waals surface area contributed by atoms with Crippen LogP contribution in [0.1, 0.15) is 22.0 Å². The summed E-state index contributed by atoms with van der Waals surface area (Å²) in [5.41, 5.74) is -0.159. The zero-order valence-corrected chi connectivity index (χ0v) is 9.40. The van der Waals surface area contributed by atoms with Gasteiger partial charge in [-0.25, -0.2) is 9.59 Å². The van der Waals surface area contributed by atoms with Crippen molar-refractivity contribution in [1.82, 2.24) is 0 Å². The maximum Gasteiger partial charge on any atom is 0.341 e. The smallest absolute Gasteiger partial charge is 0.341 e. The van der Waals surface area contributed by atoms with Gasteiger partial charge in [-0.1, -0.05) is 6.07 Å². The highest BCUT2D eigenvalue weighted by Crippen LogP contribution is 2.25. The molecule has 0 aliphatic carbocycles. The molecule has 0 radical (unpaired) electrons. The number of carbonyl (C=O) groups is 2. The molecule has 7 heteroatoms. The maximum absolute atomic E-state index is 11.2. The van der Waals surface area contributed by atoms with E-state index in [9.17, 15) is 19.8 Å². The first kappa shape index (κ1) is 13.9. The molecule has 0 aromatic heterocycles. The average molecular weight is 256 g/mol. The van der Waals surface area contributed by atoms with Gasteiger partial charge >= 0.3 is 11.9 Å². The number of rotatable bonds is 4. The van der Waals surface area contributed by atoms with Crippen molar-refractivity contribution in [2.24, 2.45) is 0 Å². The third-order valence-electron chi connectivity index (χ3n) is 2.32. The summed E-state index contributed by atoms with van der Waals surface area (Å²) in [5, 5.41) is 36.7. The predicted octanol–water partition coefficient (Wildman–Crippen LogP) is -0.342. The van der Waals surface area contributed by atoms with Crippen LogP contribution in [0.15, 0.2) is 18.2 Å². The van der Waals surface area contributed by atoms with Crippen molar-refractivity contribution in [2.45, 2.75) is 12.2 Å². The first-order valence-corrected chi connectivity index (χ1v) is 4.88. The van der Waals surface area contributed by atoms with Crippen LogP contribution in [-0.4, -0.2) is 45.6 Å². The fourth-order valence-corrected chi connectivity index (χ4v) is 1.33. The number of hydrogen-bond donors (Lipinski definition) is 4. The van der Waals surface area contributed by atoms with Crippen LogP contribution in [0, 0.1) is 0 Å². The molecule has 2 unspecified atom stereocenters. The Labute approximate surface area is 102 Å². The van der Waals surface area contributed by atoms with E-state index < -0.39 is 29.9 Å². The number of aliphatic hydroxyl groups is 2. The summed E-state index contributed by atoms with van der Waals surface area (Å²) in [6, 6.07) is 3.36. The number of ether oxygens (including phenoxy) is 1. The third kappa shape index (κ3) is 2.76. The van der Waals surface area contributed by atoms with Gasteiger partial charge in [0.1, 0.15) is 17.4 Å². The summed E-state index contributed by atoms with van der Waals surface area (Å²) in [6.45, 7) is 0. The first-order valence-electron chi connectivity index (χ1n) is 4.88. The Balaban J connectivity index is 3.04. The summed E-state index contributed by atoms with van der Waals surface area (Å²) >= 11 is 0. The molecule has 2 atom stereocenters. The van der Waals surface area contributed by atoms with Crippen LogP contribution in [-0.2, 0) is 9.53 Å². The second-order valence-electron chi connectivity index (χ2n) is 3.50. The highest BCUT2D eigenvalue weighted by atomic mass is 16.5. The van der Waals surface area contributed by atoms with E-state index in [1.807, 2.05) is 0 Å². The van der Waals surface area contributed by atoms with Crippen LogP contribution in [0.3, 0.4) is 0 Å². The fourth-order valence-electron chi connectivity index (χ4n) is 1.33. The number of aliphatic hydroxyl groups excluding tert-OH is 2. The number of phenols is 1. The number of methoxy groups -OCH3 is 1. The van der Waals surface area contributed by atoms with Crippen molar-refractivity contribution < 1.29 is 34.8 Å². The van der Waals surface area contributed by atoms with Crippen molar-refractivity contribution in [3.05, 3.63) is 29.3 Å². The van der Waals surface area contributed by atoms with Crippen molar-refractivity contribution >= 4 is 11.9 Å². The molecule has 1 aromatic carbocycles. The Morgan fingerprint density at radius 2 is 1.89 bits per heavy atom. The van der Waals surface area contributed by atoms with Crippen molar-refractivity contribution in [1.29, 1.82) is 0 Å². The van der Waals surface area contributed by atoms with Gasteiger partial charge in [0.2, 0.25) is 0 Å². The van der Waals surface area contributed by atoms with Crippen LogP contribution in [0.4, 0.5) is 0 Å². The quantitative estimate of drug-likeness (QED) is 0.543. The van der Waals surface area contributed by atoms with Gasteiger partial charge in [0, 0.05) is 0 Å². The molecule has 0 bridgehead atoms. The molecule has 0 aliphatic heterocycles. The molecule has 7 nitrogen and oxygen atoms in total. The summed E-state index contributed by atoms with van der Waals surface area (Å²) in [7, 11) is 1.14. The molecule has 1 rings (SSSR count). The van der Waals surface area contributed by atoms with Crippen LogP contribution in [0.5, 0.6) is 5.75 Å². The van der Waals surface area contributed by atoms with Gasteiger partial charge in [-0.3, -0.25) is 0 Å². The van der Waals surface area contributed by atoms with Crippen LogP contribution in [0.25, 0.3) is 0 Å². The number of phenolic OH excluding ortho intramolecular Hbond substituents is 1. The number of benzene rings is 1. The largest absolute Gasteiger partial charge is 0.507 e. The van der Waals surface area contributed by atoms with Crippen LogP contribution in [0.2, 0.25) is 0 Å². The normalized spacial score (nSPS) is 13.7. The molecule has 18 heavy (non-hydrogen) atoms. The minimum absolute atomic E-state index is 0.0324. The molecule has 4 N–H and O–H groups in total. The standard InChI is InChI=1S/C11H12O7/c1-18-11(17)6-3-2-5(4-7(6)12)8(13)9(14)10(15)16/h2-4,8-9,12-14H,1H3,(H,15,16). The lowest BCUT2D eigenvalue weighted by atomic mass is 10.0. The second kappa shape index (κ2) is 5.48. The SMILES string of the molecule is COC(=O)c1ccc(C(O)C(O)C(=O)O)cc1O. The van der Waals surface area contributed by atoms with Gasteiger partial charge in [0.15, 0.2) is 6.10 Å². The van der Waals surface area contributed by atoms with E-state index in [4.69, 9.17) is 10.2 Å². The lowest BCUT2D eigenvalue weighted by Crippen LogP contribution is -2.27. The number of carbonyl (C=O) groups excluding carboxylic acids is 1. The zero-order chi connectivity index (χ0) is 13.9.